The van der Waals surface area contributed by atoms with Crippen LogP contribution in [0.15, 0.2) is 36.4 Å². The molecule has 2 N–H and O–H groups in total. The third-order valence-electron chi connectivity index (χ3n) is 3.07. The van der Waals surface area contributed by atoms with Gasteiger partial charge >= 0.3 is 0 Å². The molecule has 0 spiro atoms. The van der Waals surface area contributed by atoms with E-state index in [0.29, 0.717) is 22.6 Å². The van der Waals surface area contributed by atoms with E-state index in [1.165, 1.54) is 6.07 Å². The average molecular weight is 276 g/mol. The van der Waals surface area contributed by atoms with Crippen molar-refractivity contribution in [2.24, 2.45) is 0 Å². The molecule has 0 aliphatic carbocycles. The van der Waals surface area contributed by atoms with E-state index in [4.69, 9.17) is 9.84 Å². The topological polar surface area (TPSA) is 49.7 Å². The molecule has 2 rings (SSSR count). The van der Waals surface area contributed by atoms with Gasteiger partial charge in [-0.3, -0.25) is 0 Å². The van der Waals surface area contributed by atoms with Crippen LogP contribution in [0.2, 0.25) is 0 Å². The van der Waals surface area contributed by atoms with Crippen LogP contribution in [-0.2, 0) is 6.61 Å². The fraction of sp³-hybridized carbons (Fsp3) is 0.250. The molecule has 0 heterocycles. The van der Waals surface area contributed by atoms with Crippen molar-refractivity contribution in [2.45, 2.75) is 26.6 Å². The summed E-state index contributed by atoms with van der Waals surface area (Å²) in [7, 11) is 0. The third-order valence-corrected chi connectivity index (χ3v) is 3.07. The fourth-order valence-corrected chi connectivity index (χ4v) is 1.88. The van der Waals surface area contributed by atoms with Gasteiger partial charge in [-0.25, -0.2) is 4.39 Å². The van der Waals surface area contributed by atoms with Crippen molar-refractivity contribution >= 4 is 0 Å². The van der Waals surface area contributed by atoms with Gasteiger partial charge in [-0.15, -0.1) is 0 Å². The molecule has 0 aromatic heterocycles. The van der Waals surface area contributed by atoms with E-state index < -0.39 is 6.10 Å². The van der Waals surface area contributed by atoms with Gasteiger partial charge in [-0.05, 0) is 49.2 Å². The summed E-state index contributed by atoms with van der Waals surface area (Å²) in [5.41, 5.74) is 1.64. The highest BCUT2D eigenvalue weighted by atomic mass is 19.1. The Bertz CT molecular complexity index is 591. The number of aryl methyl sites for hydroxylation is 1. The summed E-state index contributed by atoms with van der Waals surface area (Å²) in [6.07, 6.45) is -0.822. The summed E-state index contributed by atoms with van der Waals surface area (Å²) in [4.78, 5) is 0. The maximum absolute atomic E-state index is 13.6. The Balaban J connectivity index is 2.33. The Morgan fingerprint density at radius 2 is 1.85 bits per heavy atom. The van der Waals surface area contributed by atoms with Crippen molar-refractivity contribution in [3.63, 3.8) is 0 Å². The van der Waals surface area contributed by atoms with Crippen LogP contribution in [0.5, 0.6) is 11.5 Å². The van der Waals surface area contributed by atoms with Crippen molar-refractivity contribution < 1.29 is 19.3 Å². The van der Waals surface area contributed by atoms with Crippen molar-refractivity contribution in [3.8, 4) is 11.5 Å². The first-order valence-electron chi connectivity index (χ1n) is 6.37. The predicted octanol–water partition coefficient (Wildman–Crippen LogP) is 3.47. The fourth-order valence-electron chi connectivity index (χ4n) is 1.88. The van der Waals surface area contributed by atoms with Crippen molar-refractivity contribution in [3.05, 3.63) is 58.9 Å². The van der Waals surface area contributed by atoms with E-state index in [1.807, 2.05) is 0 Å². The summed E-state index contributed by atoms with van der Waals surface area (Å²) < 4.78 is 19.3. The summed E-state index contributed by atoms with van der Waals surface area (Å²) >= 11 is 0. The monoisotopic (exact) mass is 276 g/mol. The highest BCUT2D eigenvalue weighted by molar-refractivity contribution is 5.42. The molecule has 2 aromatic rings. The largest absolute Gasteiger partial charge is 0.457 e. The lowest BCUT2D eigenvalue weighted by molar-refractivity contribution is 0.195. The van der Waals surface area contributed by atoms with E-state index in [9.17, 15) is 9.50 Å². The lowest BCUT2D eigenvalue weighted by Gasteiger charge is -2.15. The SMILES string of the molecule is Cc1cc(Oc2ccc(CO)cc2)c(C(C)O)cc1F. The van der Waals surface area contributed by atoms with Gasteiger partial charge < -0.3 is 14.9 Å². The van der Waals surface area contributed by atoms with Crippen LogP contribution in [0.1, 0.15) is 29.7 Å². The molecule has 1 unspecified atom stereocenters. The van der Waals surface area contributed by atoms with Crippen LogP contribution in [0.25, 0.3) is 0 Å². The molecule has 0 amide bonds. The molecule has 0 aliphatic rings. The maximum atomic E-state index is 13.6. The second kappa shape index (κ2) is 6.03. The predicted molar refractivity (Wildman–Crippen MR) is 74.2 cm³/mol. The minimum Gasteiger partial charge on any atom is -0.457 e. The number of hydrogen-bond donors (Lipinski definition) is 2. The zero-order chi connectivity index (χ0) is 14.7. The Labute approximate surface area is 117 Å². The standard InChI is InChI=1S/C16H17FO3/c1-10-7-16(14(11(2)19)8-15(10)17)20-13-5-3-12(9-18)4-6-13/h3-8,11,18-19H,9H2,1-2H3. The summed E-state index contributed by atoms with van der Waals surface area (Å²) in [5.74, 6) is 0.620. The molecular weight excluding hydrogens is 259 g/mol. The molecule has 106 valence electrons. The van der Waals surface area contributed by atoms with Gasteiger partial charge in [0.05, 0.1) is 12.7 Å². The Hall–Kier alpha value is -1.91. The van der Waals surface area contributed by atoms with E-state index >= 15 is 0 Å². The van der Waals surface area contributed by atoms with Crippen LogP contribution in [0.3, 0.4) is 0 Å². The summed E-state index contributed by atoms with van der Waals surface area (Å²) in [6.45, 7) is 3.17. The van der Waals surface area contributed by atoms with Gasteiger partial charge in [0.2, 0.25) is 0 Å². The van der Waals surface area contributed by atoms with Crippen LogP contribution in [-0.4, -0.2) is 10.2 Å². The molecule has 2 aromatic carbocycles. The number of aliphatic hydroxyl groups is 2. The molecular formula is C16H17FO3. The molecule has 0 saturated carbocycles. The van der Waals surface area contributed by atoms with Gasteiger partial charge in [0.1, 0.15) is 17.3 Å². The van der Waals surface area contributed by atoms with E-state index in [0.717, 1.165) is 5.56 Å². The molecule has 0 aliphatic heterocycles. The molecule has 0 fully saturated rings. The van der Waals surface area contributed by atoms with Crippen molar-refractivity contribution in [1.29, 1.82) is 0 Å². The Morgan fingerprint density at radius 3 is 2.40 bits per heavy atom. The van der Waals surface area contributed by atoms with Crippen LogP contribution < -0.4 is 4.74 Å². The zero-order valence-corrected chi connectivity index (χ0v) is 11.4. The number of hydrogen-bond acceptors (Lipinski definition) is 3. The lowest BCUT2D eigenvalue weighted by Crippen LogP contribution is -1.99. The van der Waals surface area contributed by atoms with Crippen LogP contribution in [0, 0.1) is 12.7 Å². The Morgan fingerprint density at radius 1 is 1.20 bits per heavy atom. The van der Waals surface area contributed by atoms with Crippen LogP contribution >= 0.6 is 0 Å². The highest BCUT2D eigenvalue weighted by Gasteiger charge is 2.13. The van der Waals surface area contributed by atoms with Gasteiger partial charge in [0.25, 0.3) is 0 Å². The van der Waals surface area contributed by atoms with E-state index in [2.05, 4.69) is 0 Å². The first-order valence-corrected chi connectivity index (χ1v) is 6.37. The van der Waals surface area contributed by atoms with Crippen molar-refractivity contribution in [1.82, 2.24) is 0 Å². The number of benzene rings is 2. The van der Waals surface area contributed by atoms with Gasteiger partial charge in [0, 0.05) is 5.56 Å². The smallest absolute Gasteiger partial charge is 0.133 e. The normalized spacial score (nSPS) is 12.2. The number of halogens is 1. The highest BCUT2D eigenvalue weighted by Crippen LogP contribution is 2.32. The molecule has 1 atom stereocenters. The van der Waals surface area contributed by atoms with E-state index in [1.54, 1.807) is 44.2 Å². The minimum absolute atomic E-state index is 0.0329. The molecule has 0 saturated heterocycles. The molecule has 0 radical (unpaired) electrons. The van der Waals surface area contributed by atoms with Gasteiger partial charge in [-0.1, -0.05) is 12.1 Å². The minimum atomic E-state index is -0.822. The second-order valence-electron chi connectivity index (χ2n) is 4.72. The zero-order valence-electron chi connectivity index (χ0n) is 11.4. The van der Waals surface area contributed by atoms with Crippen molar-refractivity contribution in [2.75, 3.05) is 0 Å². The first kappa shape index (κ1) is 14.5. The van der Waals surface area contributed by atoms with Gasteiger partial charge in [0.15, 0.2) is 0 Å². The molecule has 0 bridgehead atoms. The Kier molecular flexibility index (Phi) is 4.37. The third kappa shape index (κ3) is 3.15. The number of rotatable bonds is 4. The average Bonchev–Trinajstić information content (AvgIpc) is 2.43. The quantitative estimate of drug-likeness (QED) is 0.899. The molecule has 20 heavy (non-hydrogen) atoms. The summed E-state index contributed by atoms with van der Waals surface area (Å²) in [6, 6.07) is 9.78. The maximum Gasteiger partial charge on any atom is 0.133 e. The molecule has 4 heteroatoms. The van der Waals surface area contributed by atoms with E-state index in [-0.39, 0.29) is 12.4 Å². The number of ether oxygens (including phenoxy) is 1. The second-order valence-corrected chi connectivity index (χ2v) is 4.72. The van der Waals surface area contributed by atoms with Crippen LogP contribution in [0.4, 0.5) is 4.39 Å². The summed E-state index contributed by atoms with van der Waals surface area (Å²) in [5, 5.41) is 18.7. The molecule has 3 nitrogen and oxygen atoms in total. The lowest BCUT2D eigenvalue weighted by atomic mass is 10.1. The first-order chi connectivity index (χ1) is 9.51. The number of aliphatic hydroxyl groups excluding tert-OH is 2. The van der Waals surface area contributed by atoms with Gasteiger partial charge in [-0.2, -0.15) is 0 Å².